The highest BCUT2D eigenvalue weighted by Crippen LogP contribution is 2.35. The number of rotatable bonds is 8. The standard InChI is InChI=1S/C22H28N2O6S.ClH/c1-13-4-5-15(9-21(13)31(23,27)28)18(25)12-24-11-16-7-6-14-8-19(29-2)20(30-3)10-17(14)22(16)26;/h4-5,8-10,16,18,24-25H,6-7,11-12H2,1-3H3,(H2,23,27,28);1H. The second-order valence-corrected chi connectivity index (χ2v) is 9.24. The number of benzene rings is 2. The lowest BCUT2D eigenvalue weighted by atomic mass is 9.82. The van der Waals surface area contributed by atoms with Crippen molar-refractivity contribution in [2.75, 3.05) is 27.3 Å². The minimum absolute atomic E-state index is 0. The molecule has 4 N–H and O–H groups in total. The minimum Gasteiger partial charge on any atom is -0.493 e. The van der Waals surface area contributed by atoms with Crippen molar-refractivity contribution in [2.24, 2.45) is 11.1 Å². The first kappa shape index (κ1) is 26.1. The van der Waals surface area contributed by atoms with E-state index in [1.807, 2.05) is 6.07 Å². The molecule has 1 aliphatic carbocycles. The number of Topliss-reactive ketones (excluding diaryl/α,β-unsaturated/α-hetero) is 1. The van der Waals surface area contributed by atoms with Crippen LogP contribution in [-0.2, 0) is 16.4 Å². The molecule has 32 heavy (non-hydrogen) atoms. The number of halogens is 1. The number of carbonyl (C=O) groups excluding carboxylic acids is 1. The molecule has 0 bridgehead atoms. The normalized spacial score (nSPS) is 16.7. The Labute approximate surface area is 194 Å². The van der Waals surface area contributed by atoms with Crippen LogP contribution >= 0.6 is 12.4 Å². The number of methoxy groups -OCH3 is 2. The van der Waals surface area contributed by atoms with Crippen LogP contribution in [0, 0.1) is 12.8 Å². The fourth-order valence-corrected chi connectivity index (χ4v) is 4.69. The minimum atomic E-state index is -3.87. The fourth-order valence-electron chi connectivity index (χ4n) is 3.88. The predicted molar refractivity (Wildman–Crippen MR) is 123 cm³/mol. The maximum atomic E-state index is 12.9. The van der Waals surface area contributed by atoms with E-state index in [4.69, 9.17) is 14.6 Å². The molecule has 0 aromatic heterocycles. The maximum absolute atomic E-state index is 12.9. The lowest BCUT2D eigenvalue weighted by Crippen LogP contribution is -2.34. The zero-order chi connectivity index (χ0) is 22.8. The highest BCUT2D eigenvalue weighted by molar-refractivity contribution is 7.89. The highest BCUT2D eigenvalue weighted by atomic mass is 35.5. The number of aliphatic hydroxyl groups excluding tert-OH is 1. The van der Waals surface area contributed by atoms with Gasteiger partial charge < -0.3 is 19.9 Å². The molecule has 1 aliphatic rings. The Morgan fingerprint density at radius 3 is 2.47 bits per heavy atom. The second kappa shape index (κ2) is 10.6. The Kier molecular flexibility index (Phi) is 8.67. The van der Waals surface area contributed by atoms with Gasteiger partial charge in [0.25, 0.3) is 0 Å². The van der Waals surface area contributed by atoms with Gasteiger partial charge in [0.2, 0.25) is 10.0 Å². The first-order valence-electron chi connectivity index (χ1n) is 9.97. The summed E-state index contributed by atoms with van der Waals surface area (Å²) in [6.07, 6.45) is 0.493. The molecule has 2 unspecified atom stereocenters. The van der Waals surface area contributed by atoms with Gasteiger partial charge in [-0.3, -0.25) is 4.79 Å². The van der Waals surface area contributed by atoms with E-state index in [1.165, 1.54) is 13.2 Å². The summed E-state index contributed by atoms with van der Waals surface area (Å²) in [6, 6.07) is 8.23. The van der Waals surface area contributed by atoms with Crippen LogP contribution in [0.1, 0.15) is 39.6 Å². The molecular weight excluding hydrogens is 456 g/mol. The number of sulfonamides is 1. The van der Waals surface area contributed by atoms with Crippen LogP contribution in [-0.4, -0.2) is 46.6 Å². The number of ether oxygens (including phenoxy) is 2. The number of aryl methyl sites for hydroxylation is 2. The number of nitrogens with one attached hydrogen (secondary N) is 1. The topological polar surface area (TPSA) is 128 Å². The van der Waals surface area contributed by atoms with E-state index in [2.05, 4.69) is 5.32 Å². The van der Waals surface area contributed by atoms with Crippen molar-refractivity contribution in [3.05, 3.63) is 52.6 Å². The summed E-state index contributed by atoms with van der Waals surface area (Å²) in [5.41, 5.74) is 2.53. The van der Waals surface area contributed by atoms with Crippen molar-refractivity contribution in [2.45, 2.75) is 30.8 Å². The van der Waals surface area contributed by atoms with Gasteiger partial charge in [0.05, 0.1) is 25.2 Å². The van der Waals surface area contributed by atoms with Crippen molar-refractivity contribution >= 4 is 28.2 Å². The highest BCUT2D eigenvalue weighted by Gasteiger charge is 2.29. The van der Waals surface area contributed by atoms with Crippen LogP contribution in [0.25, 0.3) is 0 Å². The van der Waals surface area contributed by atoms with Gasteiger partial charge in [-0.15, -0.1) is 12.4 Å². The van der Waals surface area contributed by atoms with Crippen LogP contribution in [0.5, 0.6) is 11.5 Å². The third kappa shape index (κ3) is 5.60. The first-order chi connectivity index (χ1) is 14.7. The molecule has 8 nitrogen and oxygen atoms in total. The van der Waals surface area contributed by atoms with Crippen LogP contribution in [0.15, 0.2) is 35.2 Å². The average molecular weight is 485 g/mol. The van der Waals surface area contributed by atoms with Gasteiger partial charge >= 0.3 is 0 Å². The molecule has 0 fully saturated rings. The smallest absolute Gasteiger partial charge is 0.238 e. The zero-order valence-electron chi connectivity index (χ0n) is 18.3. The van der Waals surface area contributed by atoms with E-state index >= 15 is 0 Å². The summed E-state index contributed by atoms with van der Waals surface area (Å²) in [6.45, 7) is 2.22. The zero-order valence-corrected chi connectivity index (χ0v) is 19.9. The summed E-state index contributed by atoms with van der Waals surface area (Å²) in [5, 5.41) is 18.8. The van der Waals surface area contributed by atoms with Gasteiger partial charge in [-0.2, -0.15) is 0 Å². The lowest BCUT2D eigenvalue weighted by molar-refractivity contribution is 0.0894. The summed E-state index contributed by atoms with van der Waals surface area (Å²) in [7, 11) is -0.775. The molecule has 0 saturated carbocycles. The Hall–Kier alpha value is -2.17. The third-order valence-corrected chi connectivity index (χ3v) is 6.69. The number of hydrogen-bond acceptors (Lipinski definition) is 7. The largest absolute Gasteiger partial charge is 0.493 e. The van der Waals surface area contributed by atoms with E-state index in [1.54, 1.807) is 32.2 Å². The number of carbonyl (C=O) groups is 1. The molecule has 0 amide bonds. The van der Waals surface area contributed by atoms with Crippen molar-refractivity contribution in [3.8, 4) is 11.5 Å². The van der Waals surface area contributed by atoms with E-state index in [0.717, 1.165) is 12.0 Å². The molecule has 3 rings (SSSR count). The molecule has 2 aromatic carbocycles. The number of fused-ring (bicyclic) bond motifs is 1. The summed E-state index contributed by atoms with van der Waals surface area (Å²) >= 11 is 0. The summed E-state index contributed by atoms with van der Waals surface area (Å²) in [5.74, 6) is 0.918. The van der Waals surface area contributed by atoms with Crippen molar-refractivity contribution in [3.63, 3.8) is 0 Å². The lowest BCUT2D eigenvalue weighted by Gasteiger charge is -2.25. The van der Waals surface area contributed by atoms with Crippen molar-refractivity contribution in [1.29, 1.82) is 0 Å². The van der Waals surface area contributed by atoms with Crippen LogP contribution in [0.2, 0.25) is 0 Å². The molecule has 2 aromatic rings. The fraction of sp³-hybridized carbons (Fsp3) is 0.409. The van der Waals surface area contributed by atoms with E-state index in [0.29, 0.717) is 41.2 Å². The molecule has 0 aliphatic heterocycles. The van der Waals surface area contributed by atoms with Crippen LogP contribution < -0.4 is 19.9 Å². The molecule has 10 heteroatoms. The SMILES string of the molecule is COc1cc2c(cc1OC)C(=O)C(CNCC(O)c1ccc(C)c(S(N)(=O)=O)c1)CC2.Cl. The molecule has 0 saturated heterocycles. The number of nitrogens with two attached hydrogens (primary N) is 1. The van der Waals surface area contributed by atoms with Gasteiger partial charge in [-0.25, -0.2) is 13.6 Å². The monoisotopic (exact) mass is 484 g/mol. The molecule has 0 spiro atoms. The van der Waals surface area contributed by atoms with Gasteiger partial charge in [-0.1, -0.05) is 12.1 Å². The Morgan fingerprint density at radius 2 is 1.84 bits per heavy atom. The molecule has 0 heterocycles. The number of hydrogen-bond donors (Lipinski definition) is 3. The summed E-state index contributed by atoms with van der Waals surface area (Å²) in [4.78, 5) is 12.9. The maximum Gasteiger partial charge on any atom is 0.238 e. The third-order valence-electron chi connectivity index (χ3n) is 5.64. The van der Waals surface area contributed by atoms with Crippen LogP contribution in [0.4, 0.5) is 0 Å². The molecule has 0 radical (unpaired) electrons. The van der Waals surface area contributed by atoms with Gasteiger partial charge in [-0.05, 0) is 54.7 Å². The number of aliphatic hydroxyl groups is 1. The van der Waals surface area contributed by atoms with E-state index < -0.39 is 16.1 Å². The van der Waals surface area contributed by atoms with E-state index in [9.17, 15) is 18.3 Å². The van der Waals surface area contributed by atoms with E-state index in [-0.39, 0.29) is 35.5 Å². The Morgan fingerprint density at radius 1 is 1.19 bits per heavy atom. The first-order valence-corrected chi connectivity index (χ1v) is 11.5. The Bertz CT molecular complexity index is 1090. The van der Waals surface area contributed by atoms with Gasteiger partial charge in [0.15, 0.2) is 17.3 Å². The quantitative estimate of drug-likeness (QED) is 0.523. The average Bonchev–Trinajstić information content (AvgIpc) is 2.73. The van der Waals surface area contributed by atoms with Gasteiger partial charge in [0, 0.05) is 24.6 Å². The van der Waals surface area contributed by atoms with Crippen molar-refractivity contribution < 1.29 is 27.8 Å². The van der Waals surface area contributed by atoms with Gasteiger partial charge in [0.1, 0.15) is 0 Å². The number of ketones is 1. The second-order valence-electron chi connectivity index (χ2n) is 7.71. The number of primary sulfonamides is 1. The van der Waals surface area contributed by atoms with Crippen molar-refractivity contribution in [1.82, 2.24) is 5.32 Å². The predicted octanol–water partition coefficient (Wildman–Crippen LogP) is 2.15. The molecule has 2 atom stereocenters. The Balaban J connectivity index is 0.00000363. The van der Waals surface area contributed by atoms with Crippen LogP contribution in [0.3, 0.4) is 0 Å². The molecular formula is C22H29ClN2O6S. The molecule has 176 valence electrons. The summed E-state index contributed by atoms with van der Waals surface area (Å²) < 4.78 is 34.0.